The van der Waals surface area contributed by atoms with E-state index in [9.17, 15) is 9.59 Å². The molecule has 0 bridgehead atoms. The predicted molar refractivity (Wildman–Crippen MR) is 102 cm³/mol. The average molecular weight is 379 g/mol. The molecule has 142 valence electrons. The number of hydrogen-bond donors (Lipinski definition) is 2. The lowest BCUT2D eigenvalue weighted by atomic mass is 10.0. The van der Waals surface area contributed by atoms with Gasteiger partial charge in [-0.3, -0.25) is 14.5 Å². The zero-order chi connectivity index (χ0) is 18.5. The minimum Gasteiger partial charge on any atom is -0.349 e. The smallest absolute Gasteiger partial charge is 0.225 e. The summed E-state index contributed by atoms with van der Waals surface area (Å²) in [4.78, 5) is 28.8. The van der Waals surface area contributed by atoms with E-state index in [0.717, 1.165) is 51.3 Å². The van der Waals surface area contributed by atoms with Gasteiger partial charge in [0, 0.05) is 57.3 Å². The Balaban J connectivity index is 1.60. The molecule has 0 aliphatic carbocycles. The molecule has 3 rings (SSSR count). The van der Waals surface area contributed by atoms with Gasteiger partial charge in [-0.05, 0) is 24.1 Å². The molecule has 2 aliphatic heterocycles. The van der Waals surface area contributed by atoms with Gasteiger partial charge in [-0.15, -0.1) is 0 Å². The van der Waals surface area contributed by atoms with Gasteiger partial charge < -0.3 is 15.5 Å². The predicted octanol–water partition coefficient (Wildman–Crippen LogP) is 1.41. The van der Waals surface area contributed by atoms with E-state index in [0.29, 0.717) is 11.1 Å². The maximum absolute atomic E-state index is 12.8. The van der Waals surface area contributed by atoms with Crippen LogP contribution in [0.4, 0.5) is 0 Å². The number of carbonyl (C=O) groups is 2. The lowest BCUT2D eigenvalue weighted by Crippen LogP contribution is -2.49. The van der Waals surface area contributed by atoms with Crippen LogP contribution in [0.3, 0.4) is 0 Å². The van der Waals surface area contributed by atoms with Crippen LogP contribution in [0.15, 0.2) is 24.3 Å². The molecule has 2 amide bonds. The molecular formula is C19H27ClN4O2. The van der Waals surface area contributed by atoms with Gasteiger partial charge in [-0.1, -0.05) is 23.7 Å². The fourth-order valence-electron chi connectivity index (χ4n) is 3.81. The topological polar surface area (TPSA) is 64.7 Å². The van der Waals surface area contributed by atoms with E-state index in [4.69, 9.17) is 11.6 Å². The van der Waals surface area contributed by atoms with E-state index >= 15 is 0 Å². The highest BCUT2D eigenvalue weighted by molar-refractivity contribution is 6.30. The summed E-state index contributed by atoms with van der Waals surface area (Å²) in [6, 6.07) is 7.43. The summed E-state index contributed by atoms with van der Waals surface area (Å²) in [5.74, 6) is -0.0470. The quantitative estimate of drug-likeness (QED) is 0.813. The van der Waals surface area contributed by atoms with Gasteiger partial charge in [0.1, 0.15) is 0 Å². The third-order valence-electron chi connectivity index (χ3n) is 5.21. The second-order valence-electron chi connectivity index (χ2n) is 7.08. The summed E-state index contributed by atoms with van der Waals surface area (Å²) in [5.41, 5.74) is 0.899. The summed E-state index contributed by atoms with van der Waals surface area (Å²) in [7, 11) is 0. The third-order valence-corrected chi connectivity index (χ3v) is 5.46. The highest BCUT2D eigenvalue weighted by atomic mass is 35.5. The molecule has 26 heavy (non-hydrogen) atoms. The molecule has 0 aromatic heterocycles. The van der Waals surface area contributed by atoms with E-state index in [2.05, 4.69) is 15.5 Å². The van der Waals surface area contributed by atoms with E-state index in [1.807, 2.05) is 17.0 Å². The summed E-state index contributed by atoms with van der Waals surface area (Å²) in [5, 5.41) is 6.90. The van der Waals surface area contributed by atoms with Crippen LogP contribution < -0.4 is 10.6 Å². The van der Waals surface area contributed by atoms with Crippen LogP contribution in [-0.4, -0.2) is 66.9 Å². The molecule has 1 aromatic rings. The van der Waals surface area contributed by atoms with Crippen LogP contribution in [0.2, 0.25) is 5.02 Å². The summed E-state index contributed by atoms with van der Waals surface area (Å²) in [6.45, 7) is 7.19. The normalized spacial score (nSPS) is 22.2. The number of rotatable bonds is 5. The second-order valence-corrected chi connectivity index (χ2v) is 7.51. The first-order valence-electron chi connectivity index (χ1n) is 9.28. The molecule has 2 saturated heterocycles. The van der Waals surface area contributed by atoms with Crippen LogP contribution in [-0.2, 0) is 9.59 Å². The fraction of sp³-hybridized carbons (Fsp3) is 0.579. The van der Waals surface area contributed by atoms with E-state index in [1.165, 1.54) is 6.92 Å². The molecule has 6 nitrogen and oxygen atoms in total. The number of hydrogen-bond acceptors (Lipinski definition) is 4. The summed E-state index contributed by atoms with van der Waals surface area (Å²) in [6.07, 6.45) is 1.30. The summed E-state index contributed by atoms with van der Waals surface area (Å²) < 4.78 is 0. The van der Waals surface area contributed by atoms with Gasteiger partial charge in [0.05, 0.1) is 12.5 Å². The molecule has 7 heteroatoms. The lowest BCUT2D eigenvalue weighted by molar-refractivity contribution is -0.131. The Bertz CT molecular complexity index is 631. The number of halogens is 1. The van der Waals surface area contributed by atoms with Crippen LogP contribution >= 0.6 is 11.6 Å². The lowest BCUT2D eigenvalue weighted by Gasteiger charge is -2.32. The van der Waals surface area contributed by atoms with Gasteiger partial charge in [-0.25, -0.2) is 0 Å². The van der Waals surface area contributed by atoms with Crippen molar-refractivity contribution in [2.24, 2.45) is 0 Å². The molecule has 2 N–H and O–H groups in total. The van der Waals surface area contributed by atoms with E-state index in [-0.39, 0.29) is 24.3 Å². The van der Waals surface area contributed by atoms with Gasteiger partial charge in [0.15, 0.2) is 0 Å². The van der Waals surface area contributed by atoms with Crippen LogP contribution in [0.5, 0.6) is 0 Å². The third kappa shape index (κ3) is 4.96. The molecule has 0 saturated carbocycles. The largest absolute Gasteiger partial charge is 0.349 e. The zero-order valence-corrected chi connectivity index (χ0v) is 16.0. The molecule has 2 aliphatic rings. The molecular weight excluding hydrogens is 352 g/mol. The SMILES string of the molecule is CC(=O)NC(CC(=O)N1CCC(N2CCNCC2)C1)c1ccc(Cl)cc1. The molecule has 2 unspecified atom stereocenters. The van der Waals surface area contributed by atoms with Gasteiger partial charge in [0.2, 0.25) is 11.8 Å². The van der Waals surface area contributed by atoms with E-state index < -0.39 is 0 Å². The number of likely N-dealkylation sites (tertiary alicyclic amines) is 1. The zero-order valence-electron chi connectivity index (χ0n) is 15.2. The maximum Gasteiger partial charge on any atom is 0.225 e. The first-order chi connectivity index (χ1) is 12.5. The maximum atomic E-state index is 12.8. The minimum atomic E-state index is -0.324. The van der Waals surface area contributed by atoms with E-state index in [1.54, 1.807) is 12.1 Å². The first-order valence-corrected chi connectivity index (χ1v) is 9.66. The Morgan fingerprint density at radius 3 is 2.58 bits per heavy atom. The average Bonchev–Trinajstić information content (AvgIpc) is 3.12. The first kappa shape index (κ1) is 19.1. The Morgan fingerprint density at radius 1 is 1.23 bits per heavy atom. The second kappa shape index (κ2) is 8.84. The van der Waals surface area contributed by atoms with Crippen molar-refractivity contribution in [3.8, 4) is 0 Å². The van der Waals surface area contributed by atoms with Crippen molar-refractivity contribution < 1.29 is 9.59 Å². The molecule has 2 atom stereocenters. The fourth-order valence-corrected chi connectivity index (χ4v) is 3.94. The van der Waals surface area contributed by atoms with Crippen molar-refractivity contribution in [1.82, 2.24) is 20.4 Å². The van der Waals surface area contributed by atoms with Gasteiger partial charge in [0.25, 0.3) is 0 Å². The number of nitrogens with zero attached hydrogens (tertiary/aromatic N) is 2. The van der Waals surface area contributed by atoms with Crippen molar-refractivity contribution >= 4 is 23.4 Å². The molecule has 0 spiro atoms. The van der Waals surface area contributed by atoms with Gasteiger partial charge in [-0.2, -0.15) is 0 Å². The van der Waals surface area contributed by atoms with Crippen LogP contribution in [0.1, 0.15) is 31.4 Å². The molecule has 2 heterocycles. The van der Waals surface area contributed by atoms with Crippen molar-refractivity contribution in [3.63, 3.8) is 0 Å². The molecule has 0 radical (unpaired) electrons. The number of piperazine rings is 1. The number of benzene rings is 1. The summed E-state index contributed by atoms with van der Waals surface area (Å²) >= 11 is 5.95. The Kier molecular flexibility index (Phi) is 6.51. The van der Waals surface area contributed by atoms with Gasteiger partial charge >= 0.3 is 0 Å². The highest BCUT2D eigenvalue weighted by Gasteiger charge is 2.32. The minimum absolute atomic E-state index is 0.0938. The highest BCUT2D eigenvalue weighted by Crippen LogP contribution is 2.23. The van der Waals surface area contributed by atoms with Crippen molar-refractivity contribution in [2.45, 2.75) is 31.8 Å². The monoisotopic (exact) mass is 378 g/mol. The molecule has 2 fully saturated rings. The van der Waals surface area contributed by atoms with Crippen molar-refractivity contribution in [3.05, 3.63) is 34.9 Å². The number of nitrogens with one attached hydrogen (secondary N) is 2. The van der Waals surface area contributed by atoms with Crippen LogP contribution in [0, 0.1) is 0 Å². The Hall–Kier alpha value is -1.63. The van der Waals surface area contributed by atoms with Crippen LogP contribution in [0.25, 0.3) is 0 Å². The van der Waals surface area contributed by atoms with Crippen molar-refractivity contribution in [1.29, 1.82) is 0 Å². The Morgan fingerprint density at radius 2 is 1.92 bits per heavy atom. The Labute approximate surface area is 159 Å². The number of carbonyl (C=O) groups excluding carboxylic acids is 2. The standard InChI is InChI=1S/C19H27ClN4O2/c1-14(25)22-18(15-2-4-16(20)5-3-15)12-19(26)24-9-6-17(13-24)23-10-7-21-8-11-23/h2-5,17-18,21H,6-13H2,1H3,(H,22,25). The number of amides is 2. The molecule has 1 aromatic carbocycles. The van der Waals surface area contributed by atoms with Crippen molar-refractivity contribution in [2.75, 3.05) is 39.3 Å².